The molecule has 0 radical (unpaired) electrons. The van der Waals surface area contributed by atoms with Crippen LogP contribution in [-0.2, 0) is 0 Å². The van der Waals surface area contributed by atoms with Gasteiger partial charge < -0.3 is 21.5 Å². The van der Waals surface area contributed by atoms with Gasteiger partial charge in [-0.25, -0.2) is 9.98 Å². The fourth-order valence-corrected chi connectivity index (χ4v) is 2.82. The number of pyridine rings is 1. The standard InChI is InChI=1S/C18H18N8O/c1-2-6-27-11-5-3-4-10(7-11)15-13-14(21)12(8-19)16(22)25-17(13)26-18(24-15)23-9-20/h3-5,7,15H,2,6H2,1H3,(H6,21,22,23,24,25,26). The molecule has 9 heteroatoms. The van der Waals surface area contributed by atoms with Crippen molar-refractivity contribution < 1.29 is 4.74 Å². The molecule has 0 aliphatic carbocycles. The Hall–Kier alpha value is -3.98. The number of nitrogen functional groups attached to an aromatic ring is 2. The molecule has 2 aromatic rings. The van der Waals surface area contributed by atoms with Crippen molar-refractivity contribution >= 4 is 23.3 Å². The molecule has 136 valence electrons. The smallest absolute Gasteiger partial charge is 0.211 e. The highest BCUT2D eigenvalue weighted by Crippen LogP contribution is 2.41. The summed E-state index contributed by atoms with van der Waals surface area (Å²) in [6, 6.07) is 8.82. The van der Waals surface area contributed by atoms with Gasteiger partial charge in [0.2, 0.25) is 5.96 Å². The maximum Gasteiger partial charge on any atom is 0.211 e. The molecule has 0 spiro atoms. The van der Waals surface area contributed by atoms with Gasteiger partial charge in [0.05, 0.1) is 12.3 Å². The number of benzene rings is 1. The molecule has 3 rings (SSSR count). The molecule has 2 heterocycles. The highest BCUT2D eigenvalue weighted by Gasteiger charge is 2.29. The van der Waals surface area contributed by atoms with Crippen LogP contribution in [0.25, 0.3) is 0 Å². The van der Waals surface area contributed by atoms with Crippen molar-refractivity contribution in [2.75, 3.05) is 23.4 Å². The van der Waals surface area contributed by atoms with Crippen LogP contribution in [0.5, 0.6) is 5.75 Å². The van der Waals surface area contributed by atoms with Crippen molar-refractivity contribution in [1.29, 1.82) is 10.5 Å². The summed E-state index contributed by atoms with van der Waals surface area (Å²) in [6.07, 6.45) is 2.71. The van der Waals surface area contributed by atoms with Gasteiger partial charge in [0, 0.05) is 5.56 Å². The second kappa shape index (κ2) is 7.50. The summed E-state index contributed by atoms with van der Waals surface area (Å²) < 4.78 is 5.69. The van der Waals surface area contributed by atoms with Gasteiger partial charge in [-0.3, -0.25) is 5.32 Å². The molecule has 1 aliphatic heterocycles. The fourth-order valence-electron chi connectivity index (χ4n) is 2.82. The molecular formula is C18H18N8O. The Morgan fingerprint density at radius 3 is 2.85 bits per heavy atom. The van der Waals surface area contributed by atoms with E-state index >= 15 is 0 Å². The Morgan fingerprint density at radius 2 is 2.15 bits per heavy atom. The lowest BCUT2D eigenvalue weighted by atomic mass is 9.95. The molecule has 0 fully saturated rings. The van der Waals surface area contributed by atoms with Crippen LogP contribution in [-0.4, -0.2) is 17.6 Å². The highest BCUT2D eigenvalue weighted by atomic mass is 16.5. The first-order valence-electron chi connectivity index (χ1n) is 8.30. The molecule has 6 N–H and O–H groups in total. The minimum absolute atomic E-state index is 0.0123. The first-order valence-corrected chi connectivity index (χ1v) is 8.30. The van der Waals surface area contributed by atoms with Crippen molar-refractivity contribution in [3.63, 3.8) is 0 Å². The van der Waals surface area contributed by atoms with E-state index < -0.39 is 6.04 Å². The number of nitriles is 2. The third-order valence-corrected chi connectivity index (χ3v) is 4.00. The summed E-state index contributed by atoms with van der Waals surface area (Å²) in [5, 5.41) is 23.6. The van der Waals surface area contributed by atoms with Crippen LogP contribution in [0.2, 0.25) is 0 Å². The first kappa shape index (κ1) is 17.8. The average molecular weight is 362 g/mol. The molecule has 0 saturated heterocycles. The van der Waals surface area contributed by atoms with Gasteiger partial charge in [-0.05, 0) is 24.1 Å². The zero-order valence-corrected chi connectivity index (χ0v) is 14.7. The number of hydrogen-bond acceptors (Lipinski definition) is 9. The predicted octanol–water partition coefficient (Wildman–Crippen LogP) is 1.85. The lowest BCUT2D eigenvalue weighted by molar-refractivity contribution is 0.317. The Labute approximate surface area is 156 Å². The Balaban J connectivity index is 2.15. The van der Waals surface area contributed by atoms with Gasteiger partial charge >= 0.3 is 0 Å². The lowest BCUT2D eigenvalue weighted by Gasteiger charge is -2.26. The minimum atomic E-state index is -0.581. The molecule has 1 aromatic heterocycles. The Kier molecular flexibility index (Phi) is 4.95. The SMILES string of the molecule is CCCOc1cccc(C2N=C(NC#N)Nc3nc(N)c(C#N)c(N)c32)c1. The van der Waals surface area contributed by atoms with Gasteiger partial charge in [-0.2, -0.15) is 10.5 Å². The van der Waals surface area contributed by atoms with E-state index in [-0.39, 0.29) is 23.0 Å². The van der Waals surface area contributed by atoms with Gasteiger partial charge in [0.1, 0.15) is 35.1 Å². The number of aromatic nitrogens is 1. The molecular weight excluding hydrogens is 344 g/mol. The number of nitrogens with one attached hydrogen (secondary N) is 2. The van der Waals surface area contributed by atoms with Gasteiger partial charge in [-0.1, -0.05) is 19.1 Å². The predicted molar refractivity (Wildman–Crippen MR) is 102 cm³/mol. The number of hydrogen-bond donors (Lipinski definition) is 4. The summed E-state index contributed by atoms with van der Waals surface area (Å²) in [5.41, 5.74) is 13.7. The minimum Gasteiger partial charge on any atom is -0.494 e. The summed E-state index contributed by atoms with van der Waals surface area (Å²) in [7, 11) is 0. The van der Waals surface area contributed by atoms with Crippen LogP contribution in [0.1, 0.15) is 36.1 Å². The van der Waals surface area contributed by atoms with Crippen LogP contribution < -0.4 is 26.8 Å². The molecule has 27 heavy (non-hydrogen) atoms. The molecule has 1 unspecified atom stereocenters. The molecule has 0 bridgehead atoms. The van der Waals surface area contributed by atoms with Crippen molar-refractivity contribution in [3.05, 3.63) is 41.0 Å². The van der Waals surface area contributed by atoms with Crippen molar-refractivity contribution in [2.24, 2.45) is 4.99 Å². The van der Waals surface area contributed by atoms with Crippen molar-refractivity contribution in [1.82, 2.24) is 10.3 Å². The van der Waals surface area contributed by atoms with Gasteiger partial charge in [-0.15, -0.1) is 0 Å². The van der Waals surface area contributed by atoms with E-state index in [9.17, 15) is 5.26 Å². The van der Waals surface area contributed by atoms with Gasteiger partial charge in [0.15, 0.2) is 6.19 Å². The average Bonchev–Trinajstić information content (AvgIpc) is 2.66. The molecule has 1 atom stereocenters. The Morgan fingerprint density at radius 1 is 1.33 bits per heavy atom. The Bertz CT molecular complexity index is 986. The quantitative estimate of drug-likeness (QED) is 0.474. The number of fused-ring (bicyclic) bond motifs is 1. The molecule has 1 aromatic carbocycles. The molecule has 0 saturated carbocycles. The van der Waals surface area contributed by atoms with Crippen LogP contribution in [0, 0.1) is 22.8 Å². The number of ether oxygens (including phenoxy) is 1. The number of nitrogens with two attached hydrogens (primary N) is 2. The highest BCUT2D eigenvalue weighted by molar-refractivity contribution is 5.98. The van der Waals surface area contributed by atoms with Crippen molar-refractivity contribution in [2.45, 2.75) is 19.4 Å². The maximum absolute atomic E-state index is 9.35. The molecule has 1 aliphatic rings. The van der Waals surface area contributed by atoms with E-state index in [0.717, 1.165) is 12.0 Å². The number of aliphatic imine (C=N–C) groups is 1. The number of nitrogens with zero attached hydrogens (tertiary/aromatic N) is 4. The topological polar surface area (TPSA) is 158 Å². The monoisotopic (exact) mass is 362 g/mol. The lowest BCUT2D eigenvalue weighted by Crippen LogP contribution is -2.32. The third kappa shape index (κ3) is 3.39. The first-order chi connectivity index (χ1) is 13.1. The zero-order valence-electron chi connectivity index (χ0n) is 14.7. The van der Waals surface area contributed by atoms with E-state index in [1.807, 2.05) is 43.5 Å². The largest absolute Gasteiger partial charge is 0.494 e. The molecule has 0 amide bonds. The number of guanidine groups is 1. The normalized spacial score (nSPS) is 14.8. The van der Waals surface area contributed by atoms with E-state index in [4.69, 9.17) is 21.5 Å². The maximum atomic E-state index is 9.35. The number of anilines is 3. The fraction of sp³-hybridized carbons (Fsp3) is 0.222. The van der Waals surface area contributed by atoms with E-state index in [1.165, 1.54) is 0 Å². The summed E-state index contributed by atoms with van der Waals surface area (Å²) in [4.78, 5) is 8.74. The zero-order chi connectivity index (χ0) is 19.4. The van der Waals surface area contributed by atoms with Crippen LogP contribution in [0.4, 0.5) is 17.3 Å². The summed E-state index contributed by atoms with van der Waals surface area (Å²) in [5.74, 6) is 1.27. The summed E-state index contributed by atoms with van der Waals surface area (Å²) >= 11 is 0. The molecule has 9 nitrogen and oxygen atoms in total. The second-order valence-corrected chi connectivity index (χ2v) is 5.82. The summed E-state index contributed by atoms with van der Waals surface area (Å²) in [6.45, 7) is 2.62. The van der Waals surface area contributed by atoms with Gasteiger partial charge in [0.25, 0.3) is 0 Å². The van der Waals surface area contributed by atoms with Crippen LogP contribution >= 0.6 is 0 Å². The van der Waals surface area contributed by atoms with E-state index in [0.29, 0.717) is 23.7 Å². The second-order valence-electron chi connectivity index (χ2n) is 5.82. The number of rotatable bonds is 4. The van der Waals surface area contributed by atoms with Crippen LogP contribution in [0.3, 0.4) is 0 Å². The van der Waals surface area contributed by atoms with Crippen LogP contribution in [0.15, 0.2) is 29.3 Å². The third-order valence-electron chi connectivity index (χ3n) is 4.00. The van der Waals surface area contributed by atoms with E-state index in [2.05, 4.69) is 20.6 Å². The van der Waals surface area contributed by atoms with Crippen molar-refractivity contribution in [3.8, 4) is 18.0 Å². The van der Waals surface area contributed by atoms with E-state index in [1.54, 1.807) is 0 Å².